The molecule has 0 saturated carbocycles. The van der Waals surface area contributed by atoms with E-state index in [1.807, 2.05) is 36.4 Å². The molecule has 3 aromatic rings. The molecule has 0 radical (unpaired) electrons. The van der Waals surface area contributed by atoms with Crippen LogP contribution in [0.5, 0.6) is 0 Å². The number of hydrogen-bond acceptors (Lipinski definition) is 4. The lowest BCUT2D eigenvalue weighted by Crippen LogP contribution is -2.23. The van der Waals surface area contributed by atoms with E-state index in [1.54, 1.807) is 24.3 Å². The third-order valence-electron chi connectivity index (χ3n) is 3.97. The molecule has 0 unspecified atom stereocenters. The Morgan fingerprint density at radius 1 is 1.07 bits per heavy atom. The van der Waals surface area contributed by atoms with Gasteiger partial charge in [0.1, 0.15) is 23.2 Å². The average Bonchev–Trinajstić information content (AvgIpc) is 3.20. The maximum absolute atomic E-state index is 12.2. The van der Waals surface area contributed by atoms with Gasteiger partial charge < -0.3 is 14.8 Å². The Kier molecular flexibility index (Phi) is 5.68. The molecule has 0 aliphatic heterocycles. The van der Waals surface area contributed by atoms with E-state index >= 15 is 0 Å². The first-order chi connectivity index (χ1) is 13.6. The van der Waals surface area contributed by atoms with Gasteiger partial charge in [0, 0.05) is 18.2 Å². The predicted octanol–water partition coefficient (Wildman–Crippen LogP) is 3.87. The SMILES string of the molecule is N#C/C(=C\c1ccc(-c2cccc(C(=O)O)c2)o1)C(=O)NCc1ccccc1. The van der Waals surface area contributed by atoms with Gasteiger partial charge in [0.25, 0.3) is 5.91 Å². The molecule has 0 saturated heterocycles. The van der Waals surface area contributed by atoms with E-state index in [4.69, 9.17) is 9.52 Å². The molecule has 1 aromatic heterocycles. The van der Waals surface area contributed by atoms with Crippen molar-refractivity contribution >= 4 is 18.0 Å². The molecule has 2 N–H and O–H groups in total. The fraction of sp³-hybridized carbons (Fsp3) is 0.0455. The fourth-order valence-electron chi connectivity index (χ4n) is 2.56. The Morgan fingerprint density at radius 2 is 1.86 bits per heavy atom. The molecule has 138 valence electrons. The maximum atomic E-state index is 12.2. The summed E-state index contributed by atoms with van der Waals surface area (Å²) < 4.78 is 5.65. The number of nitrogens with zero attached hydrogens (tertiary/aromatic N) is 1. The van der Waals surface area contributed by atoms with Gasteiger partial charge in [-0.05, 0) is 29.8 Å². The first-order valence-corrected chi connectivity index (χ1v) is 8.44. The predicted molar refractivity (Wildman–Crippen MR) is 103 cm³/mol. The van der Waals surface area contributed by atoms with Gasteiger partial charge in [0.15, 0.2) is 0 Å². The second-order valence-electron chi connectivity index (χ2n) is 5.93. The van der Waals surface area contributed by atoms with E-state index < -0.39 is 11.9 Å². The van der Waals surface area contributed by atoms with Crippen LogP contribution >= 0.6 is 0 Å². The smallest absolute Gasteiger partial charge is 0.335 e. The van der Waals surface area contributed by atoms with E-state index in [0.29, 0.717) is 23.6 Å². The summed E-state index contributed by atoms with van der Waals surface area (Å²) in [5, 5.41) is 21.1. The minimum Gasteiger partial charge on any atom is -0.478 e. The molecule has 0 fully saturated rings. The standard InChI is InChI=1S/C22H16N2O4/c23-13-18(21(25)24-14-15-5-2-1-3-6-15)12-19-9-10-20(28-19)16-7-4-8-17(11-16)22(26)27/h1-12H,14H2,(H,24,25)(H,26,27)/b18-12+. The van der Waals surface area contributed by atoms with Crippen LogP contribution in [0.25, 0.3) is 17.4 Å². The largest absolute Gasteiger partial charge is 0.478 e. The Labute approximate surface area is 161 Å². The molecule has 0 atom stereocenters. The molecular formula is C22H16N2O4. The number of furan rings is 1. The van der Waals surface area contributed by atoms with Crippen LogP contribution in [0.3, 0.4) is 0 Å². The van der Waals surface area contributed by atoms with Gasteiger partial charge in [-0.2, -0.15) is 5.26 Å². The van der Waals surface area contributed by atoms with Crippen LogP contribution in [-0.2, 0) is 11.3 Å². The summed E-state index contributed by atoms with van der Waals surface area (Å²) in [6, 6.07) is 20.8. The first-order valence-electron chi connectivity index (χ1n) is 8.44. The zero-order valence-electron chi connectivity index (χ0n) is 14.8. The molecule has 6 nitrogen and oxygen atoms in total. The molecule has 1 heterocycles. The molecule has 28 heavy (non-hydrogen) atoms. The van der Waals surface area contributed by atoms with Crippen LogP contribution in [0.2, 0.25) is 0 Å². The summed E-state index contributed by atoms with van der Waals surface area (Å²) in [7, 11) is 0. The Balaban J connectivity index is 1.75. The molecule has 0 bridgehead atoms. The van der Waals surface area contributed by atoms with Crippen LogP contribution in [0.15, 0.2) is 76.7 Å². The van der Waals surface area contributed by atoms with Gasteiger partial charge in [-0.25, -0.2) is 4.79 Å². The number of carboxylic acid groups (broad SMARTS) is 1. The highest BCUT2D eigenvalue weighted by atomic mass is 16.4. The third-order valence-corrected chi connectivity index (χ3v) is 3.97. The van der Waals surface area contributed by atoms with Crippen molar-refractivity contribution < 1.29 is 19.1 Å². The highest BCUT2D eigenvalue weighted by Gasteiger charge is 2.12. The number of rotatable bonds is 6. The number of amides is 1. The van der Waals surface area contributed by atoms with Crippen molar-refractivity contribution in [1.29, 1.82) is 5.26 Å². The summed E-state index contributed by atoms with van der Waals surface area (Å²) in [6.45, 7) is 0.310. The van der Waals surface area contributed by atoms with Gasteiger partial charge in [0.2, 0.25) is 0 Å². The Hall–Kier alpha value is -4.11. The molecule has 2 aromatic carbocycles. The summed E-state index contributed by atoms with van der Waals surface area (Å²) >= 11 is 0. The normalized spacial score (nSPS) is 10.9. The highest BCUT2D eigenvalue weighted by molar-refractivity contribution is 6.01. The number of hydrogen-bond donors (Lipinski definition) is 2. The van der Waals surface area contributed by atoms with E-state index in [9.17, 15) is 14.9 Å². The van der Waals surface area contributed by atoms with E-state index in [0.717, 1.165) is 5.56 Å². The topological polar surface area (TPSA) is 103 Å². The maximum Gasteiger partial charge on any atom is 0.335 e. The molecule has 0 spiro atoms. The zero-order valence-corrected chi connectivity index (χ0v) is 14.8. The van der Waals surface area contributed by atoms with Crippen molar-refractivity contribution in [3.05, 3.63) is 89.2 Å². The van der Waals surface area contributed by atoms with Crippen molar-refractivity contribution in [1.82, 2.24) is 5.32 Å². The summed E-state index contributed by atoms with van der Waals surface area (Å²) in [6.07, 6.45) is 1.35. The molecule has 1 amide bonds. The zero-order chi connectivity index (χ0) is 19.9. The van der Waals surface area contributed by atoms with Crippen LogP contribution in [0.4, 0.5) is 0 Å². The first kappa shape index (κ1) is 18.7. The van der Waals surface area contributed by atoms with Crippen LogP contribution in [0.1, 0.15) is 21.7 Å². The number of nitriles is 1. The van der Waals surface area contributed by atoms with Gasteiger partial charge >= 0.3 is 5.97 Å². The van der Waals surface area contributed by atoms with Crippen molar-refractivity contribution in [2.45, 2.75) is 6.54 Å². The van der Waals surface area contributed by atoms with Gasteiger partial charge in [-0.1, -0.05) is 42.5 Å². The molecule has 3 rings (SSSR count). The lowest BCUT2D eigenvalue weighted by molar-refractivity contribution is -0.117. The molecule has 6 heteroatoms. The number of nitrogens with one attached hydrogen (secondary N) is 1. The third kappa shape index (κ3) is 4.54. The minimum atomic E-state index is -1.03. The van der Waals surface area contributed by atoms with Crippen LogP contribution < -0.4 is 5.32 Å². The number of carbonyl (C=O) groups excluding carboxylic acids is 1. The van der Waals surface area contributed by atoms with E-state index in [2.05, 4.69) is 5.32 Å². The summed E-state index contributed by atoms with van der Waals surface area (Å²) in [5.41, 5.74) is 1.57. The number of carbonyl (C=O) groups is 2. The second-order valence-corrected chi connectivity index (χ2v) is 5.93. The molecule has 0 aliphatic rings. The van der Waals surface area contributed by atoms with Gasteiger partial charge in [0.05, 0.1) is 5.56 Å². The van der Waals surface area contributed by atoms with Crippen molar-refractivity contribution in [2.75, 3.05) is 0 Å². The summed E-state index contributed by atoms with van der Waals surface area (Å²) in [4.78, 5) is 23.3. The van der Waals surface area contributed by atoms with Gasteiger partial charge in [-0.15, -0.1) is 0 Å². The fourth-order valence-corrected chi connectivity index (χ4v) is 2.56. The Morgan fingerprint density at radius 3 is 2.57 bits per heavy atom. The monoisotopic (exact) mass is 372 g/mol. The summed E-state index contributed by atoms with van der Waals surface area (Å²) in [5.74, 6) is -0.772. The molecular weight excluding hydrogens is 356 g/mol. The number of carboxylic acids is 1. The Bertz CT molecular complexity index is 1080. The van der Waals surface area contributed by atoms with E-state index in [-0.39, 0.29) is 11.1 Å². The lowest BCUT2D eigenvalue weighted by Gasteiger charge is -2.04. The van der Waals surface area contributed by atoms with Crippen LogP contribution in [0, 0.1) is 11.3 Å². The van der Waals surface area contributed by atoms with Gasteiger partial charge in [-0.3, -0.25) is 4.79 Å². The van der Waals surface area contributed by atoms with Crippen LogP contribution in [-0.4, -0.2) is 17.0 Å². The second kappa shape index (κ2) is 8.52. The lowest BCUT2D eigenvalue weighted by atomic mass is 10.1. The van der Waals surface area contributed by atoms with Crippen molar-refractivity contribution in [3.63, 3.8) is 0 Å². The highest BCUT2D eigenvalue weighted by Crippen LogP contribution is 2.24. The van der Waals surface area contributed by atoms with Crippen molar-refractivity contribution in [2.24, 2.45) is 0 Å². The number of aromatic carboxylic acids is 1. The number of benzene rings is 2. The quantitative estimate of drug-likeness (QED) is 0.505. The minimum absolute atomic E-state index is 0.0869. The van der Waals surface area contributed by atoms with Crippen molar-refractivity contribution in [3.8, 4) is 17.4 Å². The molecule has 0 aliphatic carbocycles. The average molecular weight is 372 g/mol. The van der Waals surface area contributed by atoms with E-state index in [1.165, 1.54) is 18.2 Å².